The van der Waals surface area contributed by atoms with Gasteiger partial charge in [0.15, 0.2) is 0 Å². The van der Waals surface area contributed by atoms with Gasteiger partial charge >= 0.3 is 6.09 Å². The van der Waals surface area contributed by atoms with E-state index in [0.29, 0.717) is 0 Å². The summed E-state index contributed by atoms with van der Waals surface area (Å²) < 4.78 is 11.0. The van der Waals surface area contributed by atoms with Gasteiger partial charge in [-0.25, -0.2) is 4.79 Å². The molecule has 4 nitrogen and oxygen atoms in total. The van der Waals surface area contributed by atoms with Crippen LogP contribution in [-0.2, 0) is 9.47 Å². The maximum Gasteiger partial charge on any atom is 0.404 e. The minimum absolute atomic E-state index is 0.144. The van der Waals surface area contributed by atoms with E-state index in [9.17, 15) is 4.79 Å². The molecule has 0 aromatic carbocycles. The van der Waals surface area contributed by atoms with E-state index in [1.165, 1.54) is 5.57 Å². The number of allylic oxidation sites excluding steroid dienone is 3. The second kappa shape index (κ2) is 14.8. The minimum atomic E-state index is -0.723. The number of nitrogens with two attached hydrogens (primary N) is 1. The standard InChI is InChI=1S/C18H31NO3.2C2H6/c1-6-18(4)12-11-15(22-17(19)20)16(21-5)14(18)10-8-7-9-13(2)3;2*1-2/h8-10,14-16H,6-7,11-12H2,1-5H3,(H2,19,20);2*1-2H3/b10-8+;;/t14?,15?,16?,18-;;/m0../s1. The fourth-order valence-electron chi connectivity index (χ4n) is 3.29. The van der Waals surface area contributed by atoms with Crippen LogP contribution in [0.1, 0.15) is 81.1 Å². The van der Waals surface area contributed by atoms with Crippen LogP contribution in [0.2, 0.25) is 0 Å². The van der Waals surface area contributed by atoms with E-state index in [4.69, 9.17) is 15.2 Å². The first-order valence-corrected chi connectivity index (χ1v) is 10.1. The van der Waals surface area contributed by atoms with E-state index < -0.39 is 6.09 Å². The lowest BCUT2D eigenvalue weighted by atomic mass is 9.63. The Morgan fingerprint density at radius 1 is 1.23 bits per heavy atom. The number of ether oxygens (including phenoxy) is 2. The van der Waals surface area contributed by atoms with Gasteiger partial charge in [-0.1, -0.05) is 71.8 Å². The monoisotopic (exact) mass is 369 g/mol. The number of primary amides is 1. The molecule has 0 spiro atoms. The van der Waals surface area contributed by atoms with Crippen LogP contribution < -0.4 is 5.73 Å². The molecule has 0 bridgehead atoms. The average Bonchev–Trinajstić information content (AvgIpc) is 2.63. The highest BCUT2D eigenvalue weighted by molar-refractivity contribution is 5.64. The van der Waals surface area contributed by atoms with Crippen molar-refractivity contribution in [2.75, 3.05) is 7.11 Å². The summed E-state index contributed by atoms with van der Waals surface area (Å²) >= 11 is 0. The van der Waals surface area contributed by atoms with Crippen molar-refractivity contribution in [2.45, 2.75) is 93.3 Å². The first-order chi connectivity index (χ1) is 12.3. The highest BCUT2D eigenvalue weighted by Gasteiger charge is 2.46. The van der Waals surface area contributed by atoms with Crippen molar-refractivity contribution in [1.29, 1.82) is 0 Å². The second-order valence-electron chi connectivity index (χ2n) is 6.69. The first-order valence-electron chi connectivity index (χ1n) is 10.1. The molecule has 0 radical (unpaired) electrons. The molecule has 0 aliphatic heterocycles. The Morgan fingerprint density at radius 3 is 2.23 bits per heavy atom. The van der Waals surface area contributed by atoms with Gasteiger partial charge in [-0.05, 0) is 38.5 Å². The number of carbonyl (C=O) groups excluding carboxylic acids is 1. The summed E-state index contributed by atoms with van der Waals surface area (Å²) in [5.74, 6) is 0.214. The summed E-state index contributed by atoms with van der Waals surface area (Å²) in [5, 5.41) is 0. The predicted molar refractivity (Wildman–Crippen MR) is 112 cm³/mol. The molecule has 0 aromatic heterocycles. The minimum Gasteiger partial charge on any atom is -0.444 e. The maximum atomic E-state index is 11.1. The lowest BCUT2D eigenvalue weighted by Gasteiger charge is -2.47. The fourth-order valence-corrected chi connectivity index (χ4v) is 3.29. The lowest BCUT2D eigenvalue weighted by molar-refractivity contribution is -0.103. The van der Waals surface area contributed by atoms with Crippen LogP contribution in [0.5, 0.6) is 0 Å². The molecule has 154 valence electrons. The van der Waals surface area contributed by atoms with Crippen molar-refractivity contribution >= 4 is 6.09 Å². The zero-order valence-corrected chi connectivity index (χ0v) is 18.6. The molecule has 1 aliphatic carbocycles. The molecule has 2 N–H and O–H groups in total. The summed E-state index contributed by atoms with van der Waals surface area (Å²) in [4.78, 5) is 11.1. The van der Waals surface area contributed by atoms with Crippen LogP contribution >= 0.6 is 0 Å². The van der Waals surface area contributed by atoms with E-state index >= 15 is 0 Å². The number of carbonyl (C=O) groups is 1. The van der Waals surface area contributed by atoms with Crippen molar-refractivity contribution in [3.63, 3.8) is 0 Å². The summed E-state index contributed by atoms with van der Waals surface area (Å²) in [6.45, 7) is 16.7. The number of hydrogen-bond acceptors (Lipinski definition) is 3. The van der Waals surface area contributed by atoms with Crippen molar-refractivity contribution in [3.8, 4) is 0 Å². The van der Waals surface area contributed by atoms with E-state index in [-0.39, 0.29) is 23.5 Å². The summed E-state index contributed by atoms with van der Waals surface area (Å²) in [6, 6.07) is 0. The van der Waals surface area contributed by atoms with E-state index in [2.05, 4.69) is 45.9 Å². The summed E-state index contributed by atoms with van der Waals surface area (Å²) in [7, 11) is 1.68. The molecule has 0 aromatic rings. The number of methoxy groups -OCH3 is 1. The lowest BCUT2D eigenvalue weighted by Crippen LogP contribution is -2.49. The summed E-state index contributed by atoms with van der Waals surface area (Å²) in [6.07, 6.45) is 9.25. The number of hydrogen-bond donors (Lipinski definition) is 1. The van der Waals surface area contributed by atoms with Crippen LogP contribution in [0.4, 0.5) is 4.79 Å². The molecular formula is C22H43NO3. The Labute approximate surface area is 162 Å². The van der Waals surface area contributed by atoms with Gasteiger partial charge in [0.05, 0.1) is 0 Å². The van der Waals surface area contributed by atoms with E-state index in [1.54, 1.807) is 7.11 Å². The molecule has 1 amide bonds. The van der Waals surface area contributed by atoms with Gasteiger partial charge < -0.3 is 15.2 Å². The molecule has 1 aliphatic rings. The van der Waals surface area contributed by atoms with Crippen molar-refractivity contribution in [2.24, 2.45) is 17.1 Å². The van der Waals surface area contributed by atoms with Gasteiger partial charge in [0.1, 0.15) is 12.2 Å². The molecule has 0 heterocycles. The van der Waals surface area contributed by atoms with Crippen molar-refractivity contribution in [1.82, 2.24) is 0 Å². The third-order valence-corrected chi connectivity index (χ3v) is 4.88. The molecular weight excluding hydrogens is 326 g/mol. The van der Waals surface area contributed by atoms with Gasteiger partial charge in [0.25, 0.3) is 0 Å². The van der Waals surface area contributed by atoms with Gasteiger partial charge in [-0.15, -0.1) is 0 Å². The number of rotatable bonds is 6. The van der Waals surface area contributed by atoms with Crippen molar-refractivity contribution in [3.05, 3.63) is 23.8 Å². The van der Waals surface area contributed by atoms with Crippen molar-refractivity contribution < 1.29 is 14.3 Å². The molecule has 0 saturated heterocycles. The molecule has 1 rings (SSSR count). The van der Waals surface area contributed by atoms with Crippen LogP contribution in [0.25, 0.3) is 0 Å². The van der Waals surface area contributed by atoms with Gasteiger partial charge in [-0.3, -0.25) is 0 Å². The zero-order chi connectivity index (χ0) is 20.8. The second-order valence-corrected chi connectivity index (χ2v) is 6.69. The molecule has 4 atom stereocenters. The maximum absolute atomic E-state index is 11.1. The normalized spacial score (nSPS) is 27.5. The molecule has 1 fully saturated rings. The average molecular weight is 370 g/mol. The Morgan fingerprint density at radius 2 is 1.81 bits per heavy atom. The molecule has 3 unspecified atom stereocenters. The SMILES string of the molecule is CC.CC.CC[C@@]1(C)CCC(OC(N)=O)C(OC)C1/C=C/CC=C(C)C. The van der Waals surface area contributed by atoms with Gasteiger partial charge in [0.2, 0.25) is 0 Å². The van der Waals surface area contributed by atoms with Crippen LogP contribution in [0.3, 0.4) is 0 Å². The Hall–Kier alpha value is -1.29. The third-order valence-electron chi connectivity index (χ3n) is 4.88. The highest BCUT2D eigenvalue weighted by atomic mass is 16.6. The first kappa shape index (κ1) is 26.9. The van der Waals surface area contributed by atoms with Gasteiger partial charge in [0, 0.05) is 13.0 Å². The molecule has 4 heteroatoms. The quantitative estimate of drug-likeness (QED) is 0.562. The van der Waals surface area contributed by atoms with Crippen LogP contribution in [0, 0.1) is 11.3 Å². The molecule has 1 saturated carbocycles. The Kier molecular flexibility index (Phi) is 15.4. The fraction of sp³-hybridized carbons (Fsp3) is 0.773. The van der Waals surface area contributed by atoms with E-state index in [0.717, 1.165) is 25.7 Å². The Balaban J connectivity index is 0. The largest absolute Gasteiger partial charge is 0.444 e. The van der Waals surface area contributed by atoms with Crippen LogP contribution in [-0.4, -0.2) is 25.4 Å². The van der Waals surface area contributed by atoms with Crippen LogP contribution in [0.15, 0.2) is 23.8 Å². The predicted octanol–water partition coefficient (Wildman–Crippen LogP) is 6.26. The smallest absolute Gasteiger partial charge is 0.404 e. The number of amides is 1. The van der Waals surface area contributed by atoms with E-state index in [1.807, 2.05) is 27.7 Å². The zero-order valence-electron chi connectivity index (χ0n) is 18.6. The third kappa shape index (κ3) is 8.88. The van der Waals surface area contributed by atoms with Gasteiger partial charge in [-0.2, -0.15) is 0 Å². The molecule has 26 heavy (non-hydrogen) atoms. The Bertz CT molecular complexity index is 427. The summed E-state index contributed by atoms with van der Waals surface area (Å²) in [5.41, 5.74) is 6.66. The topological polar surface area (TPSA) is 61.5 Å². The highest BCUT2D eigenvalue weighted by Crippen LogP contribution is 2.46.